The van der Waals surface area contributed by atoms with Gasteiger partial charge in [-0.3, -0.25) is 0 Å². The predicted molar refractivity (Wildman–Crippen MR) is 130 cm³/mol. The van der Waals surface area contributed by atoms with Gasteiger partial charge in [-0.15, -0.1) is 0 Å². The maximum Gasteiger partial charge on any atom is 0.0737 e. The number of aromatic nitrogens is 4. The third-order valence-electron chi connectivity index (χ3n) is 6.07. The van der Waals surface area contributed by atoms with Crippen molar-refractivity contribution in [1.29, 1.82) is 0 Å². The highest BCUT2D eigenvalue weighted by Gasteiger charge is 2.16. The number of rotatable bonds is 0. The number of hydrogen-bond donors (Lipinski definition) is 2. The fourth-order valence-corrected chi connectivity index (χ4v) is 4.59. The first kappa shape index (κ1) is 17.3. The van der Waals surface area contributed by atoms with Crippen LogP contribution in [0.2, 0.25) is 0 Å². The van der Waals surface area contributed by atoms with Gasteiger partial charge in [-0.25, -0.2) is 9.97 Å². The van der Waals surface area contributed by atoms with E-state index in [9.17, 15) is 0 Å². The van der Waals surface area contributed by atoms with Gasteiger partial charge in [0.2, 0.25) is 0 Å². The standard InChI is InChI=1S/C28H18N4/c1-2-6-22-21(5-1)25-13-17-9-10-19(29-17)15-27-23-7-3-4-8-24(23)28(32-27)16-20-12-11-18(30-20)14-26(22)31-25/h1-16,29-30H. The Morgan fingerprint density at radius 2 is 0.656 bits per heavy atom. The van der Waals surface area contributed by atoms with Crippen LogP contribution in [-0.4, -0.2) is 19.9 Å². The van der Waals surface area contributed by atoms with Crippen LogP contribution in [0, 0.1) is 0 Å². The largest absolute Gasteiger partial charge is 0.355 e. The number of nitrogens with zero attached hydrogens (tertiary/aromatic N) is 2. The van der Waals surface area contributed by atoms with E-state index in [0.717, 1.165) is 67.1 Å². The van der Waals surface area contributed by atoms with Crippen LogP contribution >= 0.6 is 0 Å². The molecular formula is C28H18N4. The number of aromatic amines is 2. The first-order valence-corrected chi connectivity index (χ1v) is 10.7. The van der Waals surface area contributed by atoms with Gasteiger partial charge in [0.1, 0.15) is 0 Å². The van der Waals surface area contributed by atoms with Crippen LogP contribution in [0.15, 0.2) is 97.1 Å². The predicted octanol–water partition coefficient (Wildman–Crippen LogP) is 6.98. The summed E-state index contributed by atoms with van der Waals surface area (Å²) >= 11 is 0. The summed E-state index contributed by atoms with van der Waals surface area (Å²) in [6, 6.07) is 33.6. The van der Waals surface area contributed by atoms with E-state index in [1.54, 1.807) is 0 Å². The van der Waals surface area contributed by atoms with Gasteiger partial charge >= 0.3 is 0 Å². The maximum atomic E-state index is 4.96. The second kappa shape index (κ2) is 6.53. The smallest absolute Gasteiger partial charge is 0.0737 e. The van der Waals surface area contributed by atoms with E-state index in [2.05, 4.69) is 107 Å². The highest BCUT2D eigenvalue weighted by atomic mass is 14.8. The Hall–Kier alpha value is -4.44. The molecule has 7 rings (SSSR count). The molecule has 0 radical (unpaired) electrons. The second-order valence-electron chi connectivity index (χ2n) is 8.17. The zero-order valence-corrected chi connectivity index (χ0v) is 17.1. The molecule has 0 spiro atoms. The molecule has 5 heterocycles. The van der Waals surface area contributed by atoms with Crippen molar-refractivity contribution < 1.29 is 0 Å². The van der Waals surface area contributed by atoms with Gasteiger partial charge in [0.05, 0.1) is 22.8 Å². The SMILES string of the molecule is c1ccc2c(c1)-c1cc3ccc(cc4nc(cc5ccc(cc-2n1)[nH]5)-c1ccccc1-4)[nH]3. The Labute approximate surface area is 184 Å². The van der Waals surface area contributed by atoms with Crippen molar-refractivity contribution in [3.05, 3.63) is 97.1 Å². The molecule has 4 heteroatoms. The molecule has 0 aliphatic carbocycles. The summed E-state index contributed by atoms with van der Waals surface area (Å²) in [5, 5.41) is 0. The molecule has 150 valence electrons. The highest BCUT2D eigenvalue weighted by molar-refractivity contribution is 5.89. The average molecular weight is 410 g/mol. The van der Waals surface area contributed by atoms with Crippen molar-refractivity contribution in [3.63, 3.8) is 0 Å². The molecule has 2 aliphatic rings. The molecule has 32 heavy (non-hydrogen) atoms. The van der Waals surface area contributed by atoms with Gasteiger partial charge in [-0.05, 0) is 48.5 Å². The summed E-state index contributed by atoms with van der Waals surface area (Å²) in [6.07, 6.45) is 0. The fraction of sp³-hybridized carbons (Fsp3) is 0. The molecule has 0 amide bonds. The van der Waals surface area contributed by atoms with Crippen LogP contribution in [0.4, 0.5) is 0 Å². The van der Waals surface area contributed by atoms with Crippen LogP contribution in [0.5, 0.6) is 0 Å². The van der Waals surface area contributed by atoms with Gasteiger partial charge in [0, 0.05) is 44.3 Å². The zero-order valence-electron chi connectivity index (χ0n) is 17.1. The Morgan fingerprint density at radius 3 is 0.938 bits per heavy atom. The van der Waals surface area contributed by atoms with E-state index < -0.39 is 0 Å². The molecule has 0 atom stereocenters. The Morgan fingerprint density at radius 1 is 0.375 bits per heavy atom. The minimum atomic E-state index is 0.963. The molecule has 0 unspecified atom stereocenters. The molecule has 0 saturated carbocycles. The van der Waals surface area contributed by atoms with Crippen LogP contribution in [0.3, 0.4) is 0 Å². The molecule has 2 N–H and O–H groups in total. The number of benzene rings is 2. The molecule has 3 aromatic heterocycles. The fourth-order valence-electron chi connectivity index (χ4n) is 4.59. The van der Waals surface area contributed by atoms with Crippen molar-refractivity contribution in [3.8, 4) is 45.0 Å². The minimum absolute atomic E-state index is 0.963. The molecule has 0 fully saturated rings. The van der Waals surface area contributed by atoms with Gasteiger partial charge in [-0.1, -0.05) is 48.5 Å². The normalized spacial score (nSPS) is 11.8. The average Bonchev–Trinajstić information content (AvgIpc) is 3.58. The van der Waals surface area contributed by atoms with Crippen LogP contribution in [0.1, 0.15) is 0 Å². The van der Waals surface area contributed by atoms with E-state index in [4.69, 9.17) is 9.97 Å². The number of hydrogen-bond acceptors (Lipinski definition) is 2. The summed E-state index contributed by atoms with van der Waals surface area (Å²) in [5.74, 6) is 0. The van der Waals surface area contributed by atoms with Crippen LogP contribution in [0.25, 0.3) is 67.1 Å². The Balaban J connectivity index is 1.60. The van der Waals surface area contributed by atoms with Crippen LogP contribution < -0.4 is 0 Å². The third-order valence-corrected chi connectivity index (χ3v) is 6.07. The summed E-state index contributed by atoms with van der Waals surface area (Å²) in [7, 11) is 0. The summed E-state index contributed by atoms with van der Waals surface area (Å²) < 4.78 is 0. The molecule has 2 aliphatic heterocycles. The maximum absolute atomic E-state index is 4.96. The topological polar surface area (TPSA) is 57.4 Å². The molecule has 5 aromatic rings. The van der Waals surface area contributed by atoms with Crippen molar-refractivity contribution in [2.75, 3.05) is 0 Å². The van der Waals surface area contributed by atoms with Crippen molar-refractivity contribution >= 4 is 22.1 Å². The second-order valence-corrected chi connectivity index (χ2v) is 8.17. The third kappa shape index (κ3) is 2.70. The summed E-state index contributed by atoms with van der Waals surface area (Å²) in [6.45, 7) is 0. The Bertz CT molecular complexity index is 1440. The lowest BCUT2D eigenvalue weighted by Gasteiger charge is -1.97. The van der Waals surface area contributed by atoms with E-state index in [0.29, 0.717) is 0 Å². The molecular weight excluding hydrogens is 392 g/mol. The van der Waals surface area contributed by atoms with Gasteiger partial charge in [0.15, 0.2) is 0 Å². The lowest BCUT2D eigenvalue weighted by Crippen LogP contribution is -1.75. The van der Waals surface area contributed by atoms with E-state index in [-0.39, 0.29) is 0 Å². The number of nitrogens with one attached hydrogen (secondary N) is 2. The first-order valence-electron chi connectivity index (χ1n) is 10.7. The summed E-state index contributed by atoms with van der Waals surface area (Å²) in [4.78, 5) is 16.9. The number of H-pyrrole nitrogens is 2. The van der Waals surface area contributed by atoms with E-state index >= 15 is 0 Å². The van der Waals surface area contributed by atoms with Crippen LogP contribution in [-0.2, 0) is 0 Å². The van der Waals surface area contributed by atoms with E-state index in [1.807, 2.05) is 0 Å². The molecule has 4 nitrogen and oxygen atoms in total. The van der Waals surface area contributed by atoms with Gasteiger partial charge < -0.3 is 9.97 Å². The van der Waals surface area contributed by atoms with E-state index in [1.165, 1.54) is 0 Å². The monoisotopic (exact) mass is 410 g/mol. The first-order chi connectivity index (χ1) is 15.8. The highest BCUT2D eigenvalue weighted by Crippen LogP contribution is 2.37. The molecule has 0 saturated heterocycles. The minimum Gasteiger partial charge on any atom is -0.355 e. The Kier molecular flexibility index (Phi) is 3.52. The molecule has 8 bridgehead atoms. The quantitative estimate of drug-likeness (QED) is 0.283. The molecule has 2 aromatic carbocycles. The van der Waals surface area contributed by atoms with Crippen molar-refractivity contribution in [2.45, 2.75) is 0 Å². The lowest BCUT2D eigenvalue weighted by atomic mass is 10.1. The lowest BCUT2D eigenvalue weighted by molar-refractivity contribution is 1.40. The van der Waals surface area contributed by atoms with Crippen molar-refractivity contribution in [2.24, 2.45) is 0 Å². The van der Waals surface area contributed by atoms with Gasteiger partial charge in [0.25, 0.3) is 0 Å². The zero-order chi connectivity index (χ0) is 21.1. The summed E-state index contributed by atoms with van der Waals surface area (Å²) in [5.41, 5.74) is 12.5. The number of fused-ring (bicyclic) bond motifs is 14. The van der Waals surface area contributed by atoms with Crippen molar-refractivity contribution in [1.82, 2.24) is 19.9 Å². The van der Waals surface area contributed by atoms with Gasteiger partial charge in [-0.2, -0.15) is 0 Å².